The summed E-state index contributed by atoms with van der Waals surface area (Å²) in [6.07, 6.45) is -4.49. The quantitative estimate of drug-likeness (QED) is 0.875. The molecule has 1 saturated heterocycles. The third-order valence-corrected chi connectivity index (χ3v) is 3.22. The van der Waals surface area contributed by atoms with Gasteiger partial charge in [-0.3, -0.25) is 4.79 Å². The molecule has 0 radical (unpaired) electrons. The van der Waals surface area contributed by atoms with Crippen molar-refractivity contribution < 1.29 is 18.0 Å². The van der Waals surface area contributed by atoms with Crippen molar-refractivity contribution in [1.29, 1.82) is 0 Å². The van der Waals surface area contributed by atoms with Gasteiger partial charge in [0.2, 0.25) is 5.91 Å². The van der Waals surface area contributed by atoms with Crippen LogP contribution in [0.5, 0.6) is 0 Å². The fourth-order valence-corrected chi connectivity index (χ4v) is 2.25. The highest BCUT2D eigenvalue weighted by molar-refractivity contribution is 5.85. The highest BCUT2D eigenvalue weighted by Crippen LogP contribution is 2.29. The molecule has 1 fully saturated rings. The predicted molar refractivity (Wildman–Crippen MR) is 71.9 cm³/mol. The Morgan fingerprint density at radius 3 is 2.95 bits per heavy atom. The fourth-order valence-electron chi connectivity index (χ4n) is 2.25. The number of nitrogens with zero attached hydrogens (tertiary/aromatic N) is 2. The third kappa shape index (κ3) is 3.63. The Morgan fingerprint density at radius 1 is 1.52 bits per heavy atom. The molecule has 2 heterocycles. The number of carbonyl (C=O) groups excluding carboxylic acids is 1. The molecular weight excluding hydrogens is 285 g/mol. The lowest BCUT2D eigenvalue weighted by molar-refractivity contribution is -0.141. The van der Waals surface area contributed by atoms with Gasteiger partial charge in [-0.05, 0) is 19.1 Å². The second-order valence-corrected chi connectivity index (χ2v) is 4.69. The summed E-state index contributed by atoms with van der Waals surface area (Å²) in [6.45, 7) is 3.66. The number of amides is 1. The van der Waals surface area contributed by atoms with Crippen molar-refractivity contribution in [1.82, 2.24) is 15.6 Å². The highest BCUT2D eigenvalue weighted by atomic mass is 19.4. The van der Waals surface area contributed by atoms with Gasteiger partial charge >= 0.3 is 6.18 Å². The van der Waals surface area contributed by atoms with Crippen molar-refractivity contribution in [3.05, 3.63) is 23.9 Å². The average Bonchev–Trinajstić information content (AvgIpc) is 2.47. The highest BCUT2D eigenvalue weighted by Gasteiger charge is 2.34. The Morgan fingerprint density at radius 2 is 2.29 bits per heavy atom. The number of carbonyl (C=O) groups is 1. The molecule has 0 saturated carbocycles. The van der Waals surface area contributed by atoms with Crippen LogP contribution in [0.2, 0.25) is 0 Å². The molecule has 1 aliphatic heterocycles. The van der Waals surface area contributed by atoms with E-state index in [1.807, 2.05) is 0 Å². The van der Waals surface area contributed by atoms with Crippen molar-refractivity contribution in [2.75, 3.05) is 31.1 Å². The molecule has 2 rings (SSSR count). The standard InChI is InChI=1S/C13H17F3N4O/c1-2-18-12(21)9-8-17-6-7-20(9)11-5-3-4-10(19-11)13(14,15)16/h3-5,9,17H,2,6-8H2,1H3,(H,18,21). The zero-order valence-electron chi connectivity index (χ0n) is 11.6. The Bertz CT molecular complexity index is 506. The van der Waals surface area contributed by atoms with Crippen LogP contribution in [0, 0.1) is 0 Å². The molecule has 8 heteroatoms. The number of rotatable bonds is 3. The van der Waals surface area contributed by atoms with Crippen LogP contribution in [0.4, 0.5) is 19.0 Å². The Labute approximate surface area is 120 Å². The number of aromatic nitrogens is 1. The van der Waals surface area contributed by atoms with Gasteiger partial charge in [-0.1, -0.05) is 6.07 Å². The van der Waals surface area contributed by atoms with Crippen molar-refractivity contribution in [3.8, 4) is 0 Å². The molecule has 1 unspecified atom stereocenters. The molecule has 0 spiro atoms. The van der Waals surface area contributed by atoms with E-state index in [0.29, 0.717) is 26.2 Å². The molecule has 0 aromatic carbocycles. The lowest BCUT2D eigenvalue weighted by Gasteiger charge is -2.36. The lowest BCUT2D eigenvalue weighted by atomic mass is 10.1. The molecule has 1 aromatic heterocycles. The van der Waals surface area contributed by atoms with Crippen molar-refractivity contribution in [3.63, 3.8) is 0 Å². The largest absolute Gasteiger partial charge is 0.433 e. The predicted octanol–water partition coefficient (Wildman–Crippen LogP) is 1.01. The van der Waals surface area contributed by atoms with Gasteiger partial charge in [0.25, 0.3) is 0 Å². The van der Waals surface area contributed by atoms with Crippen LogP contribution in [-0.4, -0.2) is 43.1 Å². The molecular formula is C13H17F3N4O. The number of anilines is 1. The minimum atomic E-state index is -4.49. The van der Waals surface area contributed by atoms with E-state index >= 15 is 0 Å². The molecule has 1 aliphatic rings. The Hall–Kier alpha value is -1.83. The van der Waals surface area contributed by atoms with Gasteiger partial charge in [0.1, 0.15) is 17.6 Å². The first kappa shape index (κ1) is 15.6. The molecule has 1 amide bonds. The van der Waals surface area contributed by atoms with E-state index in [2.05, 4.69) is 15.6 Å². The van der Waals surface area contributed by atoms with Crippen LogP contribution in [0.3, 0.4) is 0 Å². The van der Waals surface area contributed by atoms with Crippen LogP contribution in [-0.2, 0) is 11.0 Å². The monoisotopic (exact) mass is 302 g/mol. The lowest BCUT2D eigenvalue weighted by Crippen LogP contribution is -2.58. The van der Waals surface area contributed by atoms with Gasteiger partial charge in [0.15, 0.2) is 0 Å². The number of hydrogen-bond donors (Lipinski definition) is 2. The Balaban J connectivity index is 2.27. The van der Waals surface area contributed by atoms with Gasteiger partial charge in [-0.2, -0.15) is 13.2 Å². The molecule has 5 nitrogen and oxygen atoms in total. The first-order chi connectivity index (χ1) is 9.93. The van der Waals surface area contributed by atoms with E-state index in [9.17, 15) is 18.0 Å². The number of likely N-dealkylation sites (N-methyl/N-ethyl adjacent to an activating group) is 1. The van der Waals surface area contributed by atoms with Crippen molar-refractivity contribution in [2.45, 2.75) is 19.1 Å². The van der Waals surface area contributed by atoms with E-state index < -0.39 is 17.9 Å². The first-order valence-corrected chi connectivity index (χ1v) is 6.73. The maximum Gasteiger partial charge on any atom is 0.433 e. The van der Waals surface area contributed by atoms with E-state index in [1.165, 1.54) is 12.1 Å². The van der Waals surface area contributed by atoms with Crippen molar-refractivity contribution in [2.24, 2.45) is 0 Å². The summed E-state index contributed by atoms with van der Waals surface area (Å²) in [5.74, 6) is -0.0495. The number of halogens is 3. The summed E-state index contributed by atoms with van der Waals surface area (Å²) in [4.78, 5) is 17.3. The van der Waals surface area contributed by atoms with Crippen LogP contribution >= 0.6 is 0 Å². The van der Waals surface area contributed by atoms with Crippen LogP contribution < -0.4 is 15.5 Å². The number of hydrogen-bond acceptors (Lipinski definition) is 4. The number of pyridine rings is 1. The average molecular weight is 302 g/mol. The smallest absolute Gasteiger partial charge is 0.355 e. The first-order valence-electron chi connectivity index (χ1n) is 6.73. The second-order valence-electron chi connectivity index (χ2n) is 4.69. The van der Waals surface area contributed by atoms with Gasteiger partial charge in [-0.15, -0.1) is 0 Å². The topological polar surface area (TPSA) is 57.3 Å². The summed E-state index contributed by atoms with van der Waals surface area (Å²) < 4.78 is 38.2. The minimum absolute atomic E-state index is 0.169. The summed E-state index contributed by atoms with van der Waals surface area (Å²) in [6, 6.07) is 3.16. The molecule has 116 valence electrons. The third-order valence-electron chi connectivity index (χ3n) is 3.22. The van der Waals surface area contributed by atoms with E-state index in [4.69, 9.17) is 0 Å². The summed E-state index contributed by atoms with van der Waals surface area (Å²) in [7, 11) is 0. The molecule has 0 bridgehead atoms. The van der Waals surface area contributed by atoms with E-state index in [1.54, 1.807) is 11.8 Å². The molecule has 21 heavy (non-hydrogen) atoms. The second kappa shape index (κ2) is 6.30. The zero-order valence-corrected chi connectivity index (χ0v) is 11.6. The minimum Gasteiger partial charge on any atom is -0.355 e. The number of piperazine rings is 1. The fraction of sp³-hybridized carbons (Fsp3) is 0.538. The van der Waals surface area contributed by atoms with Crippen LogP contribution in [0.25, 0.3) is 0 Å². The normalized spacial score (nSPS) is 19.4. The maximum atomic E-state index is 12.7. The zero-order chi connectivity index (χ0) is 15.5. The van der Waals surface area contributed by atoms with E-state index in [-0.39, 0.29) is 11.7 Å². The van der Waals surface area contributed by atoms with Crippen LogP contribution in [0.15, 0.2) is 18.2 Å². The van der Waals surface area contributed by atoms with Crippen LogP contribution in [0.1, 0.15) is 12.6 Å². The molecule has 1 aromatic rings. The SMILES string of the molecule is CCNC(=O)C1CNCCN1c1cccc(C(F)(F)F)n1. The summed E-state index contributed by atoms with van der Waals surface area (Å²) >= 11 is 0. The maximum absolute atomic E-state index is 12.7. The Kier molecular flexibility index (Phi) is 4.66. The molecule has 2 N–H and O–H groups in total. The van der Waals surface area contributed by atoms with Gasteiger partial charge in [-0.25, -0.2) is 4.98 Å². The number of alkyl halides is 3. The van der Waals surface area contributed by atoms with E-state index in [0.717, 1.165) is 6.07 Å². The summed E-state index contributed by atoms with van der Waals surface area (Å²) in [5, 5.41) is 5.76. The molecule has 0 aliphatic carbocycles. The number of nitrogens with one attached hydrogen (secondary N) is 2. The molecule has 1 atom stereocenters. The summed E-state index contributed by atoms with van der Waals surface area (Å²) in [5.41, 5.74) is -0.951. The van der Waals surface area contributed by atoms with Gasteiger partial charge in [0.05, 0.1) is 0 Å². The van der Waals surface area contributed by atoms with Gasteiger partial charge < -0.3 is 15.5 Å². The van der Waals surface area contributed by atoms with Gasteiger partial charge in [0, 0.05) is 26.2 Å². The van der Waals surface area contributed by atoms with Crippen molar-refractivity contribution >= 4 is 11.7 Å².